The molecule has 120 valence electrons. The third kappa shape index (κ3) is 4.21. The number of likely N-dealkylation sites (tertiary alicyclic amines) is 1. The number of nitrogens with zero attached hydrogens (tertiary/aromatic N) is 2. The minimum atomic E-state index is -0.409. The van der Waals surface area contributed by atoms with E-state index in [0.29, 0.717) is 18.0 Å². The Kier molecular flexibility index (Phi) is 5.77. The van der Waals surface area contributed by atoms with Crippen molar-refractivity contribution in [3.05, 3.63) is 35.4 Å². The molecule has 1 amide bonds. The Morgan fingerprint density at radius 3 is 3.05 bits per heavy atom. The second-order valence-electron chi connectivity index (χ2n) is 5.52. The van der Waals surface area contributed by atoms with Gasteiger partial charge >= 0.3 is 0 Å². The Balaban J connectivity index is 1.92. The van der Waals surface area contributed by atoms with E-state index in [9.17, 15) is 4.79 Å². The van der Waals surface area contributed by atoms with Gasteiger partial charge in [-0.3, -0.25) is 9.79 Å². The highest BCUT2D eigenvalue weighted by molar-refractivity contribution is 5.92. The first-order valence-corrected chi connectivity index (χ1v) is 7.47. The number of hydrogen-bond donors (Lipinski definition) is 2. The lowest BCUT2D eigenvalue weighted by molar-refractivity contribution is 0.1000. The zero-order chi connectivity index (χ0) is 15.9. The van der Waals surface area contributed by atoms with Crippen LogP contribution in [0, 0.1) is 5.92 Å². The van der Waals surface area contributed by atoms with Gasteiger partial charge in [0.15, 0.2) is 5.96 Å². The number of ether oxygens (including phenoxy) is 1. The number of guanidine groups is 1. The molecular weight excluding hydrogens is 280 g/mol. The van der Waals surface area contributed by atoms with Crippen LogP contribution in [0.25, 0.3) is 0 Å². The molecule has 6 heteroatoms. The lowest BCUT2D eigenvalue weighted by Crippen LogP contribution is -2.39. The van der Waals surface area contributed by atoms with E-state index in [4.69, 9.17) is 10.5 Å². The number of carbonyl (C=O) groups excluding carboxylic acids is 1. The predicted octanol–water partition coefficient (Wildman–Crippen LogP) is 0.829. The number of aliphatic imine (C=N–C) groups is 1. The zero-order valence-corrected chi connectivity index (χ0v) is 13.2. The van der Waals surface area contributed by atoms with Crippen molar-refractivity contribution in [1.82, 2.24) is 10.2 Å². The summed E-state index contributed by atoms with van der Waals surface area (Å²) in [5.74, 6) is 1.03. The Bertz CT molecular complexity index is 545. The van der Waals surface area contributed by atoms with Crippen LogP contribution in [0.3, 0.4) is 0 Å². The molecule has 0 aliphatic carbocycles. The van der Waals surface area contributed by atoms with E-state index in [0.717, 1.165) is 37.6 Å². The molecule has 6 nitrogen and oxygen atoms in total. The van der Waals surface area contributed by atoms with Gasteiger partial charge in [-0.2, -0.15) is 0 Å². The molecule has 0 bridgehead atoms. The maximum absolute atomic E-state index is 11.2. The van der Waals surface area contributed by atoms with E-state index in [1.807, 2.05) is 12.1 Å². The highest BCUT2D eigenvalue weighted by atomic mass is 16.5. The molecule has 22 heavy (non-hydrogen) atoms. The second kappa shape index (κ2) is 7.79. The maximum atomic E-state index is 11.2. The topological polar surface area (TPSA) is 79.9 Å². The molecule has 1 fully saturated rings. The van der Waals surface area contributed by atoms with E-state index in [-0.39, 0.29) is 0 Å². The van der Waals surface area contributed by atoms with Crippen molar-refractivity contribution in [2.45, 2.75) is 13.0 Å². The largest absolute Gasteiger partial charge is 0.384 e. The average Bonchev–Trinajstić information content (AvgIpc) is 2.97. The number of primary amides is 1. The van der Waals surface area contributed by atoms with Crippen molar-refractivity contribution in [2.75, 3.05) is 33.9 Å². The van der Waals surface area contributed by atoms with Crippen LogP contribution in [0.2, 0.25) is 0 Å². The van der Waals surface area contributed by atoms with Gasteiger partial charge in [0.05, 0.1) is 6.61 Å². The van der Waals surface area contributed by atoms with E-state index in [2.05, 4.69) is 15.2 Å². The number of benzene rings is 1. The number of methoxy groups -OCH3 is 1. The molecule has 1 heterocycles. The molecule has 0 saturated carbocycles. The fourth-order valence-corrected chi connectivity index (χ4v) is 2.74. The number of hydrogen-bond acceptors (Lipinski definition) is 3. The quantitative estimate of drug-likeness (QED) is 0.624. The molecule has 1 atom stereocenters. The molecule has 0 spiro atoms. The lowest BCUT2D eigenvalue weighted by atomic mass is 10.1. The summed E-state index contributed by atoms with van der Waals surface area (Å²) in [4.78, 5) is 17.8. The summed E-state index contributed by atoms with van der Waals surface area (Å²) in [6, 6.07) is 7.32. The summed E-state index contributed by atoms with van der Waals surface area (Å²) in [5.41, 5.74) is 6.83. The molecular formula is C16H24N4O2. The van der Waals surface area contributed by atoms with Gasteiger partial charge in [-0.25, -0.2) is 0 Å². The van der Waals surface area contributed by atoms with Crippen LogP contribution >= 0.6 is 0 Å². The first kappa shape index (κ1) is 16.3. The molecule has 0 aromatic heterocycles. The van der Waals surface area contributed by atoms with Gasteiger partial charge in [0.1, 0.15) is 0 Å². The van der Waals surface area contributed by atoms with Crippen LogP contribution in [0.5, 0.6) is 0 Å². The fourth-order valence-electron chi connectivity index (χ4n) is 2.74. The van der Waals surface area contributed by atoms with Crippen molar-refractivity contribution in [3.63, 3.8) is 0 Å². The summed E-state index contributed by atoms with van der Waals surface area (Å²) < 4.78 is 5.22. The maximum Gasteiger partial charge on any atom is 0.248 e. The highest BCUT2D eigenvalue weighted by Crippen LogP contribution is 2.16. The van der Waals surface area contributed by atoms with Crippen LogP contribution in [0.1, 0.15) is 22.3 Å². The monoisotopic (exact) mass is 304 g/mol. The van der Waals surface area contributed by atoms with Gasteiger partial charge in [-0.1, -0.05) is 12.1 Å². The molecule has 3 N–H and O–H groups in total. The Morgan fingerprint density at radius 1 is 1.55 bits per heavy atom. The predicted molar refractivity (Wildman–Crippen MR) is 86.7 cm³/mol. The SMILES string of the molecule is CN=C(NCc1cccc(C(N)=O)c1)N1CCC(COC)C1. The van der Waals surface area contributed by atoms with E-state index in [1.54, 1.807) is 26.3 Å². The van der Waals surface area contributed by atoms with Gasteiger partial charge in [0, 0.05) is 45.3 Å². The zero-order valence-electron chi connectivity index (χ0n) is 13.2. The molecule has 2 rings (SSSR count). The normalized spacial score (nSPS) is 18.5. The minimum absolute atomic E-state index is 0.409. The van der Waals surface area contributed by atoms with Crippen LogP contribution in [0.4, 0.5) is 0 Å². The van der Waals surface area contributed by atoms with Crippen molar-refractivity contribution < 1.29 is 9.53 Å². The van der Waals surface area contributed by atoms with Crippen LogP contribution in [0.15, 0.2) is 29.3 Å². The van der Waals surface area contributed by atoms with Gasteiger partial charge in [-0.15, -0.1) is 0 Å². The Morgan fingerprint density at radius 2 is 2.36 bits per heavy atom. The summed E-state index contributed by atoms with van der Waals surface area (Å²) in [6.07, 6.45) is 1.12. The molecule has 1 unspecified atom stereocenters. The average molecular weight is 304 g/mol. The van der Waals surface area contributed by atoms with Gasteiger partial charge in [-0.05, 0) is 24.1 Å². The summed E-state index contributed by atoms with van der Waals surface area (Å²) >= 11 is 0. The molecule has 1 saturated heterocycles. The van der Waals surface area contributed by atoms with Crippen LogP contribution in [-0.4, -0.2) is 50.6 Å². The van der Waals surface area contributed by atoms with Crippen LogP contribution < -0.4 is 11.1 Å². The molecule has 0 radical (unpaired) electrons. The third-order valence-electron chi connectivity index (χ3n) is 3.86. The van der Waals surface area contributed by atoms with Crippen LogP contribution in [-0.2, 0) is 11.3 Å². The smallest absolute Gasteiger partial charge is 0.248 e. The molecule has 1 aliphatic heterocycles. The first-order valence-electron chi connectivity index (χ1n) is 7.47. The summed E-state index contributed by atoms with van der Waals surface area (Å²) in [7, 11) is 3.52. The van der Waals surface area contributed by atoms with Gasteiger partial charge in [0.25, 0.3) is 0 Å². The number of nitrogens with two attached hydrogens (primary N) is 1. The van der Waals surface area contributed by atoms with Crippen molar-refractivity contribution >= 4 is 11.9 Å². The Labute approximate surface area is 131 Å². The highest BCUT2D eigenvalue weighted by Gasteiger charge is 2.24. The molecule has 1 aromatic carbocycles. The first-order chi connectivity index (χ1) is 10.6. The molecule has 1 aliphatic rings. The van der Waals surface area contributed by atoms with E-state index < -0.39 is 5.91 Å². The molecule has 1 aromatic rings. The lowest BCUT2D eigenvalue weighted by Gasteiger charge is -2.21. The number of amides is 1. The van der Waals surface area contributed by atoms with E-state index in [1.165, 1.54) is 0 Å². The summed E-state index contributed by atoms with van der Waals surface area (Å²) in [6.45, 7) is 3.33. The standard InChI is InChI=1S/C16H24N4O2/c1-18-16(20-7-6-13(10-20)11-22-2)19-9-12-4-3-5-14(8-12)15(17)21/h3-5,8,13H,6-7,9-11H2,1-2H3,(H2,17,21)(H,18,19). The number of carbonyl (C=O) groups is 1. The number of rotatable bonds is 5. The Hall–Kier alpha value is -2.08. The van der Waals surface area contributed by atoms with Crippen molar-refractivity contribution in [2.24, 2.45) is 16.6 Å². The third-order valence-corrected chi connectivity index (χ3v) is 3.86. The number of nitrogens with one attached hydrogen (secondary N) is 1. The fraction of sp³-hybridized carbons (Fsp3) is 0.500. The van der Waals surface area contributed by atoms with Crippen molar-refractivity contribution in [3.8, 4) is 0 Å². The van der Waals surface area contributed by atoms with Gasteiger partial charge in [0.2, 0.25) is 5.91 Å². The minimum Gasteiger partial charge on any atom is -0.384 e. The van der Waals surface area contributed by atoms with Gasteiger partial charge < -0.3 is 20.7 Å². The second-order valence-corrected chi connectivity index (χ2v) is 5.52. The van der Waals surface area contributed by atoms with Crippen molar-refractivity contribution in [1.29, 1.82) is 0 Å². The van der Waals surface area contributed by atoms with E-state index >= 15 is 0 Å². The summed E-state index contributed by atoms with van der Waals surface area (Å²) in [5, 5.41) is 3.34.